The Bertz CT molecular complexity index is 7.61. The largest absolute Gasteiger partial charge is 0.400 e. The predicted octanol–water partition coefficient (Wildman–Crippen LogP) is -0.786. The molecule has 31 valence electrons. The Morgan fingerprint density at radius 3 is 0.800 bits per heavy atom. The van der Waals surface area contributed by atoms with E-state index in [0.717, 1.165) is 14.2 Å². The number of aliphatic hydroxyl groups excluding tert-OH is 2. The average molecular weight is 153 g/mol. The van der Waals surface area contributed by atoms with Crippen LogP contribution in [-0.4, -0.2) is 24.4 Å². The van der Waals surface area contributed by atoms with Crippen molar-refractivity contribution in [1.82, 2.24) is 0 Å². The Kier molecular flexibility index (Phi) is 258. The fraction of sp³-hybridized carbons (Fsp3) is 1.00. The van der Waals surface area contributed by atoms with Gasteiger partial charge in [-0.2, -0.15) is 0 Å². The molecule has 0 aromatic carbocycles. The number of hydrogen-bond acceptors (Lipinski definition) is 2. The molecular weight excluding hydrogens is 145 g/mol. The maximum atomic E-state index is 7.00. The first kappa shape index (κ1) is 16.6. The Morgan fingerprint density at radius 2 is 0.800 bits per heavy atom. The SMILES string of the molecule is CO.CO.[Y]. The van der Waals surface area contributed by atoms with E-state index in [1.54, 1.807) is 0 Å². The van der Waals surface area contributed by atoms with E-state index in [1.807, 2.05) is 0 Å². The van der Waals surface area contributed by atoms with Crippen LogP contribution in [0, 0.1) is 0 Å². The van der Waals surface area contributed by atoms with Crippen LogP contribution in [-0.2, 0) is 32.7 Å². The summed E-state index contributed by atoms with van der Waals surface area (Å²) in [6.07, 6.45) is 0. The molecule has 1 radical (unpaired) electrons. The molecule has 5 heavy (non-hydrogen) atoms. The van der Waals surface area contributed by atoms with E-state index in [9.17, 15) is 0 Å². The van der Waals surface area contributed by atoms with E-state index < -0.39 is 0 Å². The van der Waals surface area contributed by atoms with Crippen molar-refractivity contribution in [2.24, 2.45) is 0 Å². The second kappa shape index (κ2) is 77.6. The fourth-order valence-corrected chi connectivity index (χ4v) is 0. The molecule has 0 aromatic heterocycles. The quantitative estimate of drug-likeness (QED) is 0.479. The zero-order valence-electron chi connectivity index (χ0n) is 3.47. The van der Waals surface area contributed by atoms with Crippen LogP contribution in [0.3, 0.4) is 0 Å². The molecule has 0 rings (SSSR count). The maximum absolute atomic E-state index is 7.00. The molecule has 2 nitrogen and oxygen atoms in total. The molecule has 3 heteroatoms. The van der Waals surface area contributed by atoms with Gasteiger partial charge >= 0.3 is 0 Å². The first-order valence-electron chi connectivity index (χ1n) is 0.894. The molecule has 0 atom stereocenters. The minimum atomic E-state index is 0. The van der Waals surface area contributed by atoms with Crippen LogP contribution in [0.15, 0.2) is 0 Å². The van der Waals surface area contributed by atoms with E-state index in [1.165, 1.54) is 0 Å². The van der Waals surface area contributed by atoms with Crippen LogP contribution in [0.2, 0.25) is 0 Å². The summed E-state index contributed by atoms with van der Waals surface area (Å²) < 4.78 is 0. The third-order valence-electron chi connectivity index (χ3n) is 0. The van der Waals surface area contributed by atoms with Gasteiger partial charge in [-0.25, -0.2) is 0 Å². The minimum Gasteiger partial charge on any atom is -0.400 e. The van der Waals surface area contributed by atoms with Gasteiger partial charge in [0, 0.05) is 46.9 Å². The van der Waals surface area contributed by atoms with Crippen molar-refractivity contribution in [3.8, 4) is 0 Å². The number of rotatable bonds is 0. The van der Waals surface area contributed by atoms with Gasteiger partial charge in [0.05, 0.1) is 0 Å². The Balaban J connectivity index is -0.0000000133. The Labute approximate surface area is 57.1 Å². The summed E-state index contributed by atoms with van der Waals surface area (Å²) in [4.78, 5) is 0. The van der Waals surface area contributed by atoms with Gasteiger partial charge in [0.2, 0.25) is 0 Å². The molecule has 0 unspecified atom stereocenters. The maximum Gasteiger partial charge on any atom is 0.0319 e. The monoisotopic (exact) mass is 153 g/mol. The first-order valence-corrected chi connectivity index (χ1v) is 0.894. The summed E-state index contributed by atoms with van der Waals surface area (Å²) in [5.41, 5.74) is 0. The topological polar surface area (TPSA) is 40.5 Å². The average Bonchev–Trinajstić information content (AvgIpc) is 1.50. The van der Waals surface area contributed by atoms with Crippen molar-refractivity contribution in [1.29, 1.82) is 0 Å². The second-order valence-electron chi connectivity index (χ2n) is 0. The molecule has 0 saturated heterocycles. The van der Waals surface area contributed by atoms with Crippen molar-refractivity contribution in [3.63, 3.8) is 0 Å². The molecule has 0 aliphatic rings. The molecule has 0 spiro atoms. The van der Waals surface area contributed by atoms with Crippen LogP contribution in [0.4, 0.5) is 0 Å². The van der Waals surface area contributed by atoms with Gasteiger partial charge in [-0.1, -0.05) is 0 Å². The van der Waals surface area contributed by atoms with Crippen LogP contribution in [0.1, 0.15) is 0 Å². The van der Waals surface area contributed by atoms with Gasteiger partial charge in [-0.3, -0.25) is 0 Å². The van der Waals surface area contributed by atoms with Gasteiger partial charge in [-0.15, -0.1) is 0 Å². The van der Waals surface area contributed by atoms with Crippen LogP contribution in [0.5, 0.6) is 0 Å². The van der Waals surface area contributed by atoms with Crippen LogP contribution in [0.25, 0.3) is 0 Å². The summed E-state index contributed by atoms with van der Waals surface area (Å²) in [6, 6.07) is 0. The van der Waals surface area contributed by atoms with E-state index in [4.69, 9.17) is 10.2 Å². The smallest absolute Gasteiger partial charge is 0.0319 e. The van der Waals surface area contributed by atoms with Crippen LogP contribution >= 0.6 is 0 Å². The molecular formula is C2H8O2Y. The summed E-state index contributed by atoms with van der Waals surface area (Å²) >= 11 is 0. The molecule has 0 saturated carbocycles. The minimum absolute atomic E-state index is 0. The third kappa shape index (κ3) is 43.8. The fourth-order valence-electron chi connectivity index (χ4n) is 0. The molecule has 0 amide bonds. The zero-order chi connectivity index (χ0) is 4.00. The summed E-state index contributed by atoms with van der Waals surface area (Å²) in [6.45, 7) is 0. The first-order chi connectivity index (χ1) is 2.00. The third-order valence-corrected chi connectivity index (χ3v) is 0. The summed E-state index contributed by atoms with van der Waals surface area (Å²) in [5, 5.41) is 14.0. The Hall–Kier alpha value is 1.02. The number of hydrogen-bond donors (Lipinski definition) is 2. The predicted molar refractivity (Wildman–Crippen MR) is 16.3 cm³/mol. The number of aliphatic hydroxyl groups is 2. The molecule has 0 aliphatic carbocycles. The van der Waals surface area contributed by atoms with Gasteiger partial charge in [0.25, 0.3) is 0 Å². The molecule has 0 fully saturated rings. The van der Waals surface area contributed by atoms with Gasteiger partial charge in [-0.05, 0) is 0 Å². The van der Waals surface area contributed by atoms with Crippen molar-refractivity contribution in [2.45, 2.75) is 0 Å². The van der Waals surface area contributed by atoms with E-state index >= 15 is 0 Å². The Morgan fingerprint density at radius 1 is 0.800 bits per heavy atom. The van der Waals surface area contributed by atoms with Gasteiger partial charge in [0.1, 0.15) is 0 Å². The normalized spacial score (nSPS) is 2.40. The second-order valence-corrected chi connectivity index (χ2v) is 0. The van der Waals surface area contributed by atoms with Gasteiger partial charge < -0.3 is 10.2 Å². The molecule has 0 aliphatic heterocycles. The van der Waals surface area contributed by atoms with Crippen molar-refractivity contribution >= 4 is 0 Å². The summed E-state index contributed by atoms with van der Waals surface area (Å²) in [5.74, 6) is 0. The van der Waals surface area contributed by atoms with E-state index in [0.29, 0.717) is 0 Å². The van der Waals surface area contributed by atoms with E-state index in [2.05, 4.69) is 0 Å². The molecule has 0 heterocycles. The van der Waals surface area contributed by atoms with Crippen molar-refractivity contribution < 1.29 is 42.9 Å². The van der Waals surface area contributed by atoms with Crippen molar-refractivity contribution in [2.75, 3.05) is 14.2 Å². The molecule has 0 aromatic rings. The molecule has 2 N–H and O–H groups in total. The zero-order valence-corrected chi connectivity index (χ0v) is 6.31. The summed E-state index contributed by atoms with van der Waals surface area (Å²) in [7, 11) is 2.00. The van der Waals surface area contributed by atoms with E-state index in [-0.39, 0.29) is 32.7 Å². The molecule has 0 bridgehead atoms. The van der Waals surface area contributed by atoms with Crippen LogP contribution < -0.4 is 0 Å². The standard InChI is InChI=1S/2CH4O.Y/c2*1-2;/h2*2H,1H3;. The van der Waals surface area contributed by atoms with Crippen molar-refractivity contribution in [3.05, 3.63) is 0 Å². The van der Waals surface area contributed by atoms with Gasteiger partial charge in [0.15, 0.2) is 0 Å².